The van der Waals surface area contributed by atoms with Crippen LogP contribution in [0.2, 0.25) is 0 Å². The van der Waals surface area contributed by atoms with Crippen LogP contribution in [0.5, 0.6) is 0 Å². The number of rotatable bonds is 5. The van der Waals surface area contributed by atoms with Crippen LogP contribution in [0.25, 0.3) is 0 Å². The number of carboxylic acids is 1. The van der Waals surface area contributed by atoms with Crippen LogP contribution in [0.15, 0.2) is 30.3 Å². The number of esters is 1. The fraction of sp³-hybridized carbons (Fsp3) is 0.333. The molecule has 4 nitrogen and oxygen atoms in total. The lowest BCUT2D eigenvalue weighted by molar-refractivity contribution is -0.139. The minimum atomic E-state index is -0.965. The van der Waals surface area contributed by atoms with E-state index in [0.29, 0.717) is 12.0 Å². The second-order valence-corrected chi connectivity index (χ2v) is 3.40. The van der Waals surface area contributed by atoms with Gasteiger partial charge in [0.15, 0.2) is 0 Å². The quantitative estimate of drug-likeness (QED) is 0.775. The van der Waals surface area contributed by atoms with Gasteiger partial charge in [0.1, 0.15) is 6.10 Å². The van der Waals surface area contributed by atoms with Crippen LogP contribution in [0.4, 0.5) is 0 Å². The van der Waals surface area contributed by atoms with Crippen LogP contribution in [0, 0.1) is 0 Å². The molecule has 1 rings (SSSR count). The maximum Gasteiger partial charge on any atom is 0.338 e. The van der Waals surface area contributed by atoms with Gasteiger partial charge in [-0.05, 0) is 18.6 Å². The van der Waals surface area contributed by atoms with Crippen molar-refractivity contribution in [2.45, 2.75) is 25.9 Å². The van der Waals surface area contributed by atoms with Gasteiger partial charge in [0.05, 0.1) is 12.0 Å². The minimum absolute atomic E-state index is 0.158. The van der Waals surface area contributed by atoms with E-state index in [9.17, 15) is 9.59 Å². The fourth-order valence-corrected chi connectivity index (χ4v) is 1.26. The number of aliphatic carboxylic acids is 1. The van der Waals surface area contributed by atoms with Crippen LogP contribution in [-0.2, 0) is 9.53 Å². The predicted molar refractivity (Wildman–Crippen MR) is 58.2 cm³/mol. The van der Waals surface area contributed by atoms with E-state index < -0.39 is 18.0 Å². The van der Waals surface area contributed by atoms with E-state index in [0.717, 1.165) is 0 Å². The van der Waals surface area contributed by atoms with Crippen molar-refractivity contribution in [3.63, 3.8) is 0 Å². The van der Waals surface area contributed by atoms with Gasteiger partial charge >= 0.3 is 11.9 Å². The smallest absolute Gasteiger partial charge is 0.338 e. The molecule has 86 valence electrons. The number of hydrogen-bond acceptors (Lipinski definition) is 3. The number of carbonyl (C=O) groups is 2. The highest BCUT2D eigenvalue weighted by Gasteiger charge is 2.16. The van der Waals surface area contributed by atoms with Gasteiger partial charge in [-0.1, -0.05) is 25.1 Å². The molecule has 1 aromatic carbocycles. The van der Waals surface area contributed by atoms with Crippen molar-refractivity contribution in [1.29, 1.82) is 0 Å². The van der Waals surface area contributed by atoms with E-state index >= 15 is 0 Å². The minimum Gasteiger partial charge on any atom is -0.481 e. The van der Waals surface area contributed by atoms with Crippen LogP contribution in [0.3, 0.4) is 0 Å². The first kappa shape index (κ1) is 12.2. The molecule has 0 fully saturated rings. The molecule has 0 radical (unpaired) electrons. The van der Waals surface area contributed by atoms with Crippen LogP contribution >= 0.6 is 0 Å². The summed E-state index contributed by atoms with van der Waals surface area (Å²) in [5.74, 6) is -1.44. The molecule has 0 amide bonds. The zero-order chi connectivity index (χ0) is 12.0. The van der Waals surface area contributed by atoms with Gasteiger partial charge in [-0.3, -0.25) is 4.79 Å². The lowest BCUT2D eigenvalue weighted by Gasteiger charge is -2.13. The Morgan fingerprint density at radius 2 is 1.94 bits per heavy atom. The summed E-state index contributed by atoms with van der Waals surface area (Å²) < 4.78 is 5.08. The molecule has 0 aliphatic heterocycles. The van der Waals surface area contributed by atoms with E-state index in [1.807, 2.05) is 0 Å². The molecule has 0 aliphatic carbocycles. The Morgan fingerprint density at radius 1 is 1.31 bits per heavy atom. The summed E-state index contributed by atoms with van der Waals surface area (Å²) >= 11 is 0. The maximum absolute atomic E-state index is 11.6. The Morgan fingerprint density at radius 3 is 2.44 bits per heavy atom. The largest absolute Gasteiger partial charge is 0.481 e. The summed E-state index contributed by atoms with van der Waals surface area (Å²) in [5, 5.41) is 8.61. The van der Waals surface area contributed by atoms with Crippen molar-refractivity contribution in [3.8, 4) is 0 Å². The highest BCUT2D eigenvalue weighted by molar-refractivity contribution is 5.89. The van der Waals surface area contributed by atoms with E-state index in [2.05, 4.69) is 0 Å². The van der Waals surface area contributed by atoms with E-state index in [4.69, 9.17) is 9.84 Å². The monoisotopic (exact) mass is 222 g/mol. The summed E-state index contributed by atoms with van der Waals surface area (Å²) in [6.45, 7) is 1.78. The third-order valence-corrected chi connectivity index (χ3v) is 2.14. The van der Waals surface area contributed by atoms with Crippen molar-refractivity contribution < 1.29 is 19.4 Å². The molecule has 1 atom stereocenters. The molecule has 16 heavy (non-hydrogen) atoms. The van der Waals surface area contributed by atoms with Crippen molar-refractivity contribution in [2.75, 3.05) is 0 Å². The third-order valence-electron chi connectivity index (χ3n) is 2.14. The summed E-state index contributed by atoms with van der Waals surface area (Å²) in [7, 11) is 0. The molecular weight excluding hydrogens is 208 g/mol. The molecule has 0 saturated heterocycles. The van der Waals surface area contributed by atoms with Gasteiger partial charge in [0, 0.05) is 0 Å². The molecule has 0 saturated carbocycles. The van der Waals surface area contributed by atoms with Gasteiger partial charge in [-0.25, -0.2) is 4.79 Å². The Kier molecular flexibility index (Phi) is 4.51. The van der Waals surface area contributed by atoms with Gasteiger partial charge < -0.3 is 9.84 Å². The Labute approximate surface area is 93.9 Å². The number of hydrogen-bond donors (Lipinski definition) is 1. The normalized spacial score (nSPS) is 11.8. The molecule has 0 aliphatic rings. The first-order valence-corrected chi connectivity index (χ1v) is 5.11. The average Bonchev–Trinajstić information content (AvgIpc) is 2.28. The molecule has 0 spiro atoms. The summed E-state index contributed by atoms with van der Waals surface area (Å²) in [6, 6.07) is 8.53. The molecule has 1 aromatic rings. The summed E-state index contributed by atoms with van der Waals surface area (Å²) in [4.78, 5) is 22.1. The molecule has 0 aromatic heterocycles. The molecule has 4 heteroatoms. The first-order valence-electron chi connectivity index (χ1n) is 5.11. The zero-order valence-corrected chi connectivity index (χ0v) is 9.05. The summed E-state index contributed by atoms with van der Waals surface area (Å²) in [6.07, 6.45) is -0.231. The van der Waals surface area contributed by atoms with E-state index in [1.165, 1.54) is 0 Å². The van der Waals surface area contributed by atoms with Crippen molar-refractivity contribution >= 4 is 11.9 Å². The van der Waals surface area contributed by atoms with Crippen LogP contribution in [-0.4, -0.2) is 23.1 Å². The molecule has 0 heterocycles. The van der Waals surface area contributed by atoms with Crippen LogP contribution < -0.4 is 0 Å². The number of ether oxygens (including phenoxy) is 1. The topological polar surface area (TPSA) is 63.6 Å². The first-order chi connectivity index (χ1) is 7.63. The van der Waals surface area contributed by atoms with Crippen molar-refractivity contribution in [3.05, 3.63) is 35.9 Å². The Bertz CT molecular complexity index is 359. The molecule has 1 N–H and O–H groups in total. The van der Waals surface area contributed by atoms with E-state index in [1.54, 1.807) is 37.3 Å². The fourth-order valence-electron chi connectivity index (χ4n) is 1.26. The lowest BCUT2D eigenvalue weighted by Crippen LogP contribution is -2.20. The van der Waals surface area contributed by atoms with Gasteiger partial charge in [0.2, 0.25) is 0 Å². The highest BCUT2D eigenvalue weighted by Crippen LogP contribution is 2.09. The van der Waals surface area contributed by atoms with E-state index in [-0.39, 0.29) is 6.42 Å². The predicted octanol–water partition coefficient (Wildman–Crippen LogP) is 2.10. The standard InChI is InChI=1S/C12H14O4/c1-2-10(8-11(13)14)16-12(15)9-6-4-3-5-7-9/h3-7,10H,2,8H2,1H3,(H,13,14). The van der Waals surface area contributed by atoms with Gasteiger partial charge in [0.25, 0.3) is 0 Å². The Balaban J connectivity index is 2.59. The number of carboxylic acid groups (broad SMARTS) is 1. The summed E-state index contributed by atoms with van der Waals surface area (Å²) in [5.41, 5.74) is 0.436. The van der Waals surface area contributed by atoms with Gasteiger partial charge in [-0.2, -0.15) is 0 Å². The zero-order valence-electron chi connectivity index (χ0n) is 9.05. The average molecular weight is 222 g/mol. The van der Waals surface area contributed by atoms with Gasteiger partial charge in [-0.15, -0.1) is 0 Å². The van der Waals surface area contributed by atoms with Crippen molar-refractivity contribution in [1.82, 2.24) is 0 Å². The Hall–Kier alpha value is -1.84. The molecule has 0 bridgehead atoms. The number of carbonyl (C=O) groups excluding carboxylic acids is 1. The lowest BCUT2D eigenvalue weighted by atomic mass is 10.2. The molecular formula is C12H14O4. The van der Waals surface area contributed by atoms with Crippen molar-refractivity contribution in [2.24, 2.45) is 0 Å². The third kappa shape index (κ3) is 3.73. The second-order valence-electron chi connectivity index (χ2n) is 3.40. The maximum atomic E-state index is 11.6. The second kappa shape index (κ2) is 5.90. The SMILES string of the molecule is CCC(CC(=O)O)OC(=O)c1ccccc1. The molecule has 1 unspecified atom stereocenters. The highest BCUT2D eigenvalue weighted by atomic mass is 16.5. The van der Waals surface area contributed by atoms with Crippen LogP contribution in [0.1, 0.15) is 30.1 Å². The number of benzene rings is 1.